The first kappa shape index (κ1) is 10.4. The Labute approximate surface area is 82.4 Å². The van der Waals surface area contributed by atoms with Crippen molar-refractivity contribution < 1.29 is 9.16 Å². The first-order chi connectivity index (χ1) is 6.33. The Morgan fingerprint density at radius 3 is 2.62 bits per heavy atom. The van der Waals surface area contributed by atoms with Crippen LogP contribution in [-0.2, 0) is 15.6 Å². The van der Waals surface area contributed by atoms with E-state index in [0.717, 1.165) is 23.5 Å². The third-order valence-corrected chi connectivity index (χ3v) is 2.58. The van der Waals surface area contributed by atoms with E-state index in [9.17, 15) is 0 Å². The second-order valence-corrected chi connectivity index (χ2v) is 3.38. The van der Waals surface area contributed by atoms with Gasteiger partial charge < -0.3 is 9.16 Å². The van der Waals surface area contributed by atoms with Crippen molar-refractivity contribution >= 4 is 10.5 Å². The molecule has 0 aliphatic carbocycles. The lowest BCUT2D eigenvalue weighted by atomic mass is 10.2. The van der Waals surface area contributed by atoms with E-state index >= 15 is 0 Å². The summed E-state index contributed by atoms with van der Waals surface area (Å²) in [5.74, 6) is 0. The highest BCUT2D eigenvalue weighted by Crippen LogP contribution is 2.00. The maximum atomic E-state index is 5.41. The summed E-state index contributed by atoms with van der Waals surface area (Å²) in [5, 5.41) is 0. The van der Waals surface area contributed by atoms with Crippen LogP contribution in [0.3, 0.4) is 0 Å². The molecule has 0 spiro atoms. The Bertz CT molecular complexity index is 226. The average Bonchev–Trinajstić information content (AvgIpc) is 2.19. The van der Waals surface area contributed by atoms with Gasteiger partial charge in [-0.05, 0) is 18.9 Å². The Morgan fingerprint density at radius 1 is 1.31 bits per heavy atom. The van der Waals surface area contributed by atoms with Crippen LogP contribution < -0.4 is 0 Å². The topological polar surface area (TPSA) is 18.5 Å². The molecule has 0 saturated carbocycles. The van der Waals surface area contributed by atoms with Crippen LogP contribution in [0.4, 0.5) is 0 Å². The van der Waals surface area contributed by atoms with E-state index in [0.29, 0.717) is 0 Å². The van der Waals surface area contributed by atoms with Gasteiger partial charge in [0.15, 0.2) is 0 Å². The van der Waals surface area contributed by atoms with Gasteiger partial charge in [-0.3, -0.25) is 0 Å². The lowest BCUT2D eigenvalue weighted by molar-refractivity contribution is -0.0615. The molecule has 3 heteroatoms. The summed E-state index contributed by atoms with van der Waals surface area (Å²) in [4.78, 5) is 0. The summed E-state index contributed by atoms with van der Waals surface area (Å²) in [5.41, 5.74) is 1.31. The zero-order valence-corrected chi connectivity index (χ0v) is 10.2. The number of hydrogen-bond acceptors (Lipinski definition) is 2. The largest absolute Gasteiger partial charge is 0.404 e. The summed E-state index contributed by atoms with van der Waals surface area (Å²) in [6.45, 7) is 2.66. The predicted molar refractivity (Wildman–Crippen MR) is 56.6 cm³/mol. The van der Waals surface area contributed by atoms with Crippen LogP contribution in [0.5, 0.6) is 0 Å². The second kappa shape index (κ2) is 5.91. The van der Waals surface area contributed by atoms with E-state index in [4.69, 9.17) is 9.16 Å². The fourth-order valence-electron chi connectivity index (χ4n) is 1.06. The van der Waals surface area contributed by atoms with Crippen LogP contribution in [0.2, 0.25) is 0 Å². The molecular weight excluding hydrogens is 180 g/mol. The van der Waals surface area contributed by atoms with Crippen molar-refractivity contribution in [3.8, 4) is 0 Å². The van der Waals surface area contributed by atoms with E-state index in [2.05, 4.69) is 12.1 Å². The number of rotatable bonds is 5. The molecular formula is C10H16O2Si. The zero-order valence-electron chi connectivity index (χ0n) is 8.19. The number of ether oxygens (including phenoxy) is 1. The van der Waals surface area contributed by atoms with Crippen molar-refractivity contribution in [2.24, 2.45) is 0 Å². The van der Waals surface area contributed by atoms with Gasteiger partial charge in [0, 0.05) is 0 Å². The molecule has 0 amide bonds. The van der Waals surface area contributed by atoms with E-state index < -0.39 is 0 Å². The fourth-order valence-corrected chi connectivity index (χ4v) is 1.19. The van der Waals surface area contributed by atoms with Crippen LogP contribution in [0.25, 0.3) is 0 Å². The smallest absolute Gasteiger partial charge is 0.149 e. The number of benzene rings is 1. The molecule has 1 atom stereocenters. The summed E-state index contributed by atoms with van der Waals surface area (Å²) in [7, 11) is 0.735. The minimum Gasteiger partial charge on any atom is -0.404 e. The molecule has 1 aromatic carbocycles. The molecule has 1 unspecified atom stereocenters. The highest BCUT2D eigenvalue weighted by Gasteiger charge is 1.97. The second-order valence-electron chi connectivity index (χ2n) is 2.91. The van der Waals surface area contributed by atoms with Gasteiger partial charge in [-0.25, -0.2) is 0 Å². The summed E-state index contributed by atoms with van der Waals surface area (Å²) < 4.78 is 10.5. The van der Waals surface area contributed by atoms with Gasteiger partial charge in [0.1, 0.15) is 16.8 Å². The number of hydrogen-bond donors (Lipinski definition) is 0. The molecule has 0 saturated heterocycles. The van der Waals surface area contributed by atoms with E-state index in [1.807, 2.05) is 25.1 Å². The molecule has 13 heavy (non-hydrogen) atoms. The van der Waals surface area contributed by atoms with Crippen molar-refractivity contribution in [3.63, 3.8) is 0 Å². The maximum Gasteiger partial charge on any atom is 0.149 e. The monoisotopic (exact) mass is 196 g/mol. The van der Waals surface area contributed by atoms with Crippen molar-refractivity contribution in [1.29, 1.82) is 0 Å². The fraction of sp³-hybridized carbons (Fsp3) is 0.400. The van der Waals surface area contributed by atoms with E-state index in [1.54, 1.807) is 0 Å². The Kier molecular flexibility index (Phi) is 4.75. The van der Waals surface area contributed by atoms with Crippen LogP contribution >= 0.6 is 0 Å². The summed E-state index contributed by atoms with van der Waals surface area (Å²) in [6.07, 6.45) is 0.909. The van der Waals surface area contributed by atoms with Gasteiger partial charge in [0.05, 0.1) is 6.61 Å². The molecule has 1 aromatic rings. The first-order valence-electron chi connectivity index (χ1n) is 4.51. The quantitative estimate of drug-likeness (QED) is 0.514. The first-order valence-corrected chi connectivity index (χ1v) is 5.33. The lowest BCUT2D eigenvalue weighted by Gasteiger charge is -2.10. The standard InChI is InChI=1S/C10H16O2Si/c1-9(12-13)11-8-7-10-5-3-2-4-6-10/h2-6,9H,7-8H2,1,13H3. The molecule has 0 heterocycles. The average molecular weight is 196 g/mol. The van der Waals surface area contributed by atoms with E-state index in [1.165, 1.54) is 5.56 Å². The molecule has 0 N–H and O–H groups in total. The molecule has 0 aliphatic heterocycles. The SMILES string of the molecule is CC(O[SiH3])OCCc1ccccc1. The third-order valence-electron chi connectivity index (χ3n) is 1.92. The predicted octanol–water partition coefficient (Wildman–Crippen LogP) is 0.889. The molecule has 0 fully saturated rings. The Balaban J connectivity index is 2.20. The van der Waals surface area contributed by atoms with Crippen molar-refractivity contribution in [2.45, 2.75) is 19.6 Å². The van der Waals surface area contributed by atoms with Gasteiger partial charge in [-0.2, -0.15) is 0 Å². The summed E-state index contributed by atoms with van der Waals surface area (Å²) in [6, 6.07) is 10.3. The van der Waals surface area contributed by atoms with Crippen LogP contribution in [0.1, 0.15) is 12.5 Å². The molecule has 2 nitrogen and oxygen atoms in total. The van der Waals surface area contributed by atoms with Gasteiger partial charge in [0.2, 0.25) is 0 Å². The van der Waals surface area contributed by atoms with Gasteiger partial charge in [-0.1, -0.05) is 30.3 Å². The van der Waals surface area contributed by atoms with Gasteiger partial charge in [0.25, 0.3) is 0 Å². The Hall–Kier alpha value is -0.643. The lowest BCUT2D eigenvalue weighted by Crippen LogP contribution is -2.12. The molecule has 0 aromatic heterocycles. The van der Waals surface area contributed by atoms with Crippen LogP contribution in [0, 0.1) is 0 Å². The van der Waals surface area contributed by atoms with Crippen LogP contribution in [-0.4, -0.2) is 23.4 Å². The third kappa shape index (κ3) is 4.22. The zero-order chi connectivity index (χ0) is 9.52. The molecule has 0 bridgehead atoms. The minimum absolute atomic E-state index is 0.0459. The molecule has 72 valence electrons. The maximum absolute atomic E-state index is 5.41. The van der Waals surface area contributed by atoms with Crippen molar-refractivity contribution in [1.82, 2.24) is 0 Å². The Morgan fingerprint density at radius 2 is 2.00 bits per heavy atom. The normalized spacial score (nSPS) is 13.0. The molecule has 1 rings (SSSR count). The van der Waals surface area contributed by atoms with E-state index in [-0.39, 0.29) is 6.29 Å². The van der Waals surface area contributed by atoms with Crippen molar-refractivity contribution in [3.05, 3.63) is 35.9 Å². The minimum atomic E-state index is -0.0459. The summed E-state index contributed by atoms with van der Waals surface area (Å²) >= 11 is 0. The van der Waals surface area contributed by atoms with Gasteiger partial charge in [-0.15, -0.1) is 0 Å². The molecule has 0 radical (unpaired) electrons. The van der Waals surface area contributed by atoms with Crippen LogP contribution in [0.15, 0.2) is 30.3 Å². The van der Waals surface area contributed by atoms with Crippen molar-refractivity contribution in [2.75, 3.05) is 6.61 Å². The highest BCUT2D eigenvalue weighted by molar-refractivity contribution is 5.98. The van der Waals surface area contributed by atoms with Gasteiger partial charge >= 0.3 is 0 Å². The highest BCUT2D eigenvalue weighted by atomic mass is 28.2. The molecule has 0 aliphatic rings.